The first-order valence-electron chi connectivity index (χ1n) is 7.04. The highest BCUT2D eigenvalue weighted by Crippen LogP contribution is 2.27. The van der Waals surface area contributed by atoms with E-state index in [1.54, 1.807) is 12.3 Å². The first kappa shape index (κ1) is 16.4. The van der Waals surface area contributed by atoms with Gasteiger partial charge in [0, 0.05) is 5.38 Å². The summed E-state index contributed by atoms with van der Waals surface area (Å²) in [6.45, 7) is 2.28. The van der Waals surface area contributed by atoms with Gasteiger partial charge in [-0.05, 0) is 25.7 Å². The summed E-state index contributed by atoms with van der Waals surface area (Å²) in [5, 5.41) is 2.42. The number of nitrogens with zero attached hydrogens (tertiary/aromatic N) is 1. The van der Waals surface area contributed by atoms with Crippen molar-refractivity contribution in [3.8, 4) is 0 Å². The van der Waals surface area contributed by atoms with Gasteiger partial charge >= 0.3 is 5.97 Å². The van der Waals surface area contributed by atoms with Gasteiger partial charge in [-0.25, -0.2) is 18.1 Å². The third-order valence-electron chi connectivity index (χ3n) is 3.35. The Balaban J connectivity index is 1.80. The fourth-order valence-electron chi connectivity index (χ4n) is 2.07. The summed E-state index contributed by atoms with van der Waals surface area (Å²) in [4.78, 5) is 15.6. The van der Waals surface area contributed by atoms with Gasteiger partial charge in [-0.15, -0.1) is 11.3 Å². The van der Waals surface area contributed by atoms with Crippen molar-refractivity contribution in [1.82, 2.24) is 9.71 Å². The molecule has 0 amide bonds. The Morgan fingerprint density at radius 3 is 2.90 bits per heavy atom. The first-order chi connectivity index (χ1) is 9.98. The fraction of sp³-hybridized carbons (Fsp3) is 0.692. The summed E-state index contributed by atoms with van der Waals surface area (Å²) in [7, 11) is -3.24. The lowest BCUT2D eigenvalue weighted by Gasteiger charge is -2.24. The zero-order valence-electron chi connectivity index (χ0n) is 12.0. The van der Waals surface area contributed by atoms with Crippen molar-refractivity contribution in [3.05, 3.63) is 16.1 Å². The summed E-state index contributed by atoms with van der Waals surface area (Å²) in [6, 6.07) is 0. The normalized spacial score (nSPS) is 15.7. The molecule has 0 radical (unpaired) electrons. The van der Waals surface area contributed by atoms with E-state index < -0.39 is 10.0 Å². The standard InChI is InChI=1S/C13H20N2O4S2/c1-2-19-13(16)6-11-8-20-12(15-11)7-14-21(17,18)9-10-4-3-5-10/h8,10,14H,2-7,9H2,1H3. The number of hydrogen-bond acceptors (Lipinski definition) is 6. The van der Waals surface area contributed by atoms with Crippen LogP contribution in [-0.2, 0) is 32.5 Å². The average Bonchev–Trinajstić information content (AvgIpc) is 2.80. The zero-order valence-corrected chi connectivity index (χ0v) is 13.6. The molecule has 1 N–H and O–H groups in total. The molecule has 0 unspecified atom stereocenters. The summed E-state index contributed by atoms with van der Waals surface area (Å²) in [5.41, 5.74) is 0.617. The minimum atomic E-state index is -3.24. The number of nitrogens with one attached hydrogen (secondary N) is 1. The van der Waals surface area contributed by atoms with E-state index in [1.807, 2.05) is 0 Å². The predicted octanol–water partition coefficient (Wildman–Crippen LogP) is 1.47. The smallest absolute Gasteiger partial charge is 0.311 e. The molecule has 1 aromatic rings. The van der Waals surface area contributed by atoms with Crippen LogP contribution in [-0.4, -0.2) is 31.7 Å². The summed E-state index contributed by atoms with van der Waals surface area (Å²) in [6.07, 6.45) is 3.26. The first-order valence-corrected chi connectivity index (χ1v) is 9.58. The summed E-state index contributed by atoms with van der Waals surface area (Å²) >= 11 is 1.34. The van der Waals surface area contributed by atoms with Crippen molar-refractivity contribution < 1.29 is 17.9 Å². The van der Waals surface area contributed by atoms with Crippen LogP contribution in [0.5, 0.6) is 0 Å². The molecule has 1 saturated carbocycles. The minimum absolute atomic E-state index is 0.124. The van der Waals surface area contributed by atoms with Crippen molar-refractivity contribution in [1.29, 1.82) is 0 Å². The molecule has 1 aliphatic rings. The molecule has 0 aliphatic heterocycles. The molecule has 0 saturated heterocycles. The molecular formula is C13H20N2O4S2. The van der Waals surface area contributed by atoms with Crippen LogP contribution >= 0.6 is 11.3 Å². The van der Waals surface area contributed by atoms with Gasteiger partial charge in [-0.1, -0.05) is 6.42 Å². The molecule has 0 spiro atoms. The average molecular weight is 332 g/mol. The lowest BCUT2D eigenvalue weighted by Crippen LogP contribution is -2.31. The topological polar surface area (TPSA) is 85.4 Å². The molecule has 0 aromatic carbocycles. The van der Waals surface area contributed by atoms with Crippen molar-refractivity contribution >= 4 is 27.3 Å². The number of carbonyl (C=O) groups excluding carboxylic acids is 1. The van der Waals surface area contributed by atoms with Gasteiger partial charge in [0.1, 0.15) is 5.01 Å². The SMILES string of the molecule is CCOC(=O)Cc1csc(CNS(=O)(=O)CC2CCC2)n1. The third-order valence-corrected chi connectivity index (χ3v) is 5.75. The fourth-order valence-corrected chi connectivity index (χ4v) is 4.32. The van der Waals surface area contributed by atoms with Gasteiger partial charge in [-0.3, -0.25) is 4.79 Å². The molecule has 0 atom stereocenters. The van der Waals surface area contributed by atoms with Crippen LogP contribution < -0.4 is 4.72 Å². The molecule has 1 heterocycles. The van der Waals surface area contributed by atoms with E-state index >= 15 is 0 Å². The van der Waals surface area contributed by atoms with Gasteiger partial charge in [-0.2, -0.15) is 0 Å². The van der Waals surface area contributed by atoms with E-state index in [2.05, 4.69) is 9.71 Å². The molecule has 2 rings (SSSR count). The van der Waals surface area contributed by atoms with Crippen molar-refractivity contribution in [2.45, 2.75) is 39.2 Å². The van der Waals surface area contributed by atoms with E-state index in [0.29, 0.717) is 23.2 Å². The van der Waals surface area contributed by atoms with Gasteiger partial charge in [0.15, 0.2) is 0 Å². The second kappa shape index (κ2) is 7.33. The number of sulfonamides is 1. The number of carbonyl (C=O) groups is 1. The molecule has 6 nitrogen and oxygen atoms in total. The van der Waals surface area contributed by atoms with Crippen LogP contribution in [0.2, 0.25) is 0 Å². The molecule has 21 heavy (non-hydrogen) atoms. The number of rotatable bonds is 8. The van der Waals surface area contributed by atoms with Crippen LogP contribution in [0.1, 0.15) is 36.9 Å². The van der Waals surface area contributed by atoms with Crippen LogP contribution in [0.3, 0.4) is 0 Å². The number of aromatic nitrogens is 1. The minimum Gasteiger partial charge on any atom is -0.466 e. The highest BCUT2D eigenvalue weighted by Gasteiger charge is 2.24. The third kappa shape index (κ3) is 5.37. The van der Waals surface area contributed by atoms with Gasteiger partial charge in [0.05, 0.1) is 31.0 Å². The Kier molecular flexibility index (Phi) is 5.72. The van der Waals surface area contributed by atoms with Crippen molar-refractivity contribution in [2.24, 2.45) is 5.92 Å². The Morgan fingerprint density at radius 2 is 2.29 bits per heavy atom. The molecule has 1 aromatic heterocycles. The van der Waals surface area contributed by atoms with Crippen LogP contribution in [0.25, 0.3) is 0 Å². The van der Waals surface area contributed by atoms with E-state index in [4.69, 9.17) is 4.74 Å². The van der Waals surface area contributed by atoms with Crippen molar-refractivity contribution in [2.75, 3.05) is 12.4 Å². The summed E-state index contributed by atoms with van der Waals surface area (Å²) in [5.74, 6) is 0.187. The van der Waals surface area contributed by atoms with E-state index in [-0.39, 0.29) is 24.7 Å². The highest BCUT2D eigenvalue weighted by molar-refractivity contribution is 7.89. The van der Waals surface area contributed by atoms with Gasteiger partial charge < -0.3 is 4.74 Å². The van der Waals surface area contributed by atoms with Crippen LogP contribution in [0.4, 0.5) is 0 Å². The number of esters is 1. The molecule has 8 heteroatoms. The summed E-state index contributed by atoms with van der Waals surface area (Å²) < 4.78 is 31.2. The Morgan fingerprint density at radius 1 is 1.52 bits per heavy atom. The maximum absolute atomic E-state index is 11.9. The van der Waals surface area contributed by atoms with Crippen molar-refractivity contribution in [3.63, 3.8) is 0 Å². The molecule has 118 valence electrons. The maximum Gasteiger partial charge on any atom is 0.311 e. The zero-order chi connectivity index (χ0) is 15.3. The lowest BCUT2D eigenvalue weighted by atomic mass is 9.87. The van der Waals surface area contributed by atoms with Crippen LogP contribution in [0.15, 0.2) is 5.38 Å². The quantitative estimate of drug-likeness (QED) is 0.729. The Hall–Kier alpha value is -0.990. The number of hydrogen-bond donors (Lipinski definition) is 1. The Bertz CT molecular complexity index is 579. The largest absolute Gasteiger partial charge is 0.466 e. The van der Waals surface area contributed by atoms with Crippen LogP contribution in [0, 0.1) is 5.92 Å². The molecule has 1 fully saturated rings. The van der Waals surface area contributed by atoms with E-state index in [0.717, 1.165) is 19.3 Å². The molecular weight excluding hydrogens is 312 g/mol. The monoisotopic (exact) mass is 332 g/mol. The maximum atomic E-state index is 11.9. The second-order valence-corrected chi connectivity index (χ2v) is 7.91. The predicted molar refractivity (Wildman–Crippen MR) is 80.4 cm³/mol. The Labute approximate surface area is 129 Å². The molecule has 0 bridgehead atoms. The van der Waals surface area contributed by atoms with E-state index in [1.165, 1.54) is 11.3 Å². The highest BCUT2D eigenvalue weighted by atomic mass is 32.2. The van der Waals surface area contributed by atoms with E-state index in [9.17, 15) is 13.2 Å². The lowest BCUT2D eigenvalue weighted by molar-refractivity contribution is -0.142. The second-order valence-electron chi connectivity index (χ2n) is 5.11. The molecule has 1 aliphatic carbocycles. The van der Waals surface area contributed by atoms with Gasteiger partial charge in [0.2, 0.25) is 10.0 Å². The number of ether oxygens (including phenoxy) is 1. The number of thiazole rings is 1. The van der Waals surface area contributed by atoms with Gasteiger partial charge in [0.25, 0.3) is 0 Å².